The maximum absolute atomic E-state index is 16.8. The molecule has 4 aliphatic heterocycles. The SMILES string of the molecule is C=C1CN2CCC[C@@]2(COc2nc3c4c(c(Cl)c(-c5nc(N)cc(C)c5Cl)c(F)c4n2)OC[C@@H]2[C@@H]4CC[C@@H](C4)CN32)C1. The van der Waals surface area contributed by atoms with Crippen molar-refractivity contribution in [1.29, 1.82) is 0 Å². The zero-order valence-corrected chi connectivity index (χ0v) is 25.1. The van der Waals surface area contributed by atoms with Gasteiger partial charge in [0.15, 0.2) is 11.6 Å². The predicted octanol–water partition coefficient (Wildman–Crippen LogP) is 6.20. The average molecular weight is 612 g/mol. The van der Waals surface area contributed by atoms with Crippen molar-refractivity contribution >= 4 is 45.7 Å². The number of pyridine rings is 1. The highest BCUT2D eigenvalue weighted by atomic mass is 35.5. The zero-order valence-electron chi connectivity index (χ0n) is 23.6. The van der Waals surface area contributed by atoms with Crippen LogP contribution < -0.4 is 20.1 Å². The Bertz CT molecular complexity index is 1670. The molecular weight excluding hydrogens is 578 g/mol. The van der Waals surface area contributed by atoms with E-state index in [-0.39, 0.29) is 50.2 Å². The molecule has 220 valence electrons. The van der Waals surface area contributed by atoms with Crippen molar-refractivity contribution in [3.8, 4) is 23.0 Å². The van der Waals surface area contributed by atoms with Crippen molar-refractivity contribution < 1.29 is 13.9 Å². The van der Waals surface area contributed by atoms with Crippen molar-refractivity contribution in [2.45, 2.75) is 57.0 Å². The van der Waals surface area contributed by atoms with E-state index < -0.39 is 5.82 Å². The summed E-state index contributed by atoms with van der Waals surface area (Å²) in [6.07, 6.45) is 6.50. The number of halogens is 3. The molecule has 1 aliphatic carbocycles. The number of ether oxygens (including phenoxy) is 2. The van der Waals surface area contributed by atoms with Crippen molar-refractivity contribution in [3.05, 3.63) is 39.6 Å². The van der Waals surface area contributed by atoms with Gasteiger partial charge in [-0.15, -0.1) is 0 Å². The van der Waals surface area contributed by atoms with Crippen LogP contribution in [0.4, 0.5) is 16.0 Å². The summed E-state index contributed by atoms with van der Waals surface area (Å²) in [7, 11) is 0. The van der Waals surface area contributed by atoms with E-state index >= 15 is 4.39 Å². The molecule has 1 saturated carbocycles. The summed E-state index contributed by atoms with van der Waals surface area (Å²) < 4.78 is 29.7. The Hall–Kier alpha value is -2.88. The molecule has 4 fully saturated rings. The van der Waals surface area contributed by atoms with E-state index in [1.807, 2.05) is 0 Å². The summed E-state index contributed by atoms with van der Waals surface area (Å²) in [5, 5.41) is 0.824. The molecule has 0 radical (unpaired) electrons. The Labute approximate surface area is 254 Å². The summed E-state index contributed by atoms with van der Waals surface area (Å²) in [6, 6.07) is 1.89. The van der Waals surface area contributed by atoms with E-state index in [1.165, 1.54) is 12.0 Å². The fourth-order valence-corrected chi connectivity index (χ4v) is 8.79. The molecule has 4 atom stereocenters. The topological polar surface area (TPSA) is 89.6 Å². The smallest absolute Gasteiger partial charge is 0.319 e. The zero-order chi connectivity index (χ0) is 28.9. The molecule has 8 rings (SSSR count). The first kappa shape index (κ1) is 26.7. The summed E-state index contributed by atoms with van der Waals surface area (Å²) >= 11 is 13.7. The molecule has 2 bridgehead atoms. The van der Waals surface area contributed by atoms with Crippen LogP contribution in [0.5, 0.6) is 11.8 Å². The summed E-state index contributed by atoms with van der Waals surface area (Å²) in [5.74, 6) is 1.57. The summed E-state index contributed by atoms with van der Waals surface area (Å²) in [5.41, 5.74) is 8.09. The first-order valence-electron chi connectivity index (χ1n) is 14.8. The number of piperidine rings is 1. The van der Waals surface area contributed by atoms with Crippen LogP contribution in [0.3, 0.4) is 0 Å². The number of nitrogens with zero attached hydrogens (tertiary/aromatic N) is 5. The first-order chi connectivity index (χ1) is 20.2. The van der Waals surface area contributed by atoms with Gasteiger partial charge < -0.3 is 20.1 Å². The number of aryl methyl sites for hydroxylation is 1. The van der Waals surface area contributed by atoms with Crippen molar-refractivity contribution in [2.24, 2.45) is 11.8 Å². The molecule has 3 saturated heterocycles. The summed E-state index contributed by atoms with van der Waals surface area (Å²) in [6.45, 7) is 9.61. The lowest BCUT2D eigenvalue weighted by molar-refractivity contribution is 0.108. The highest BCUT2D eigenvalue weighted by molar-refractivity contribution is 6.38. The van der Waals surface area contributed by atoms with Gasteiger partial charge in [-0.3, -0.25) is 4.90 Å². The normalized spacial score (nSPS) is 28.1. The van der Waals surface area contributed by atoms with Crippen molar-refractivity contribution in [2.75, 3.05) is 43.5 Å². The lowest BCUT2D eigenvalue weighted by Gasteiger charge is -2.39. The number of hydrogen-bond acceptors (Lipinski definition) is 8. The minimum absolute atomic E-state index is 0.0178. The van der Waals surface area contributed by atoms with Crippen molar-refractivity contribution in [3.63, 3.8) is 0 Å². The molecular formula is C31H33Cl2FN6O2. The summed E-state index contributed by atoms with van der Waals surface area (Å²) in [4.78, 5) is 18.8. The van der Waals surface area contributed by atoms with E-state index in [0.29, 0.717) is 47.6 Å². The molecule has 11 heteroatoms. The molecule has 0 amide bonds. The Balaban J connectivity index is 1.32. The molecule has 3 aromatic rings. The number of aromatic nitrogens is 3. The number of nitrogens with two attached hydrogens (primary N) is 1. The highest BCUT2D eigenvalue weighted by Gasteiger charge is 2.47. The molecule has 2 aromatic heterocycles. The van der Waals surface area contributed by atoms with E-state index in [0.717, 1.165) is 51.7 Å². The second-order valence-electron chi connectivity index (χ2n) is 12.8. The molecule has 6 heterocycles. The number of rotatable bonds is 4. The largest absolute Gasteiger partial charge is 0.489 e. The number of anilines is 2. The average Bonchev–Trinajstić information content (AvgIpc) is 3.58. The van der Waals surface area contributed by atoms with E-state index in [4.69, 9.17) is 43.4 Å². The lowest BCUT2D eigenvalue weighted by atomic mass is 9.91. The third-order valence-corrected chi connectivity index (χ3v) is 11.0. The fourth-order valence-electron chi connectivity index (χ4n) is 8.28. The quantitative estimate of drug-likeness (QED) is 0.349. The maximum atomic E-state index is 16.8. The first-order valence-corrected chi connectivity index (χ1v) is 15.6. The number of fused-ring (bicyclic) bond motifs is 6. The molecule has 2 N–H and O–H groups in total. The van der Waals surface area contributed by atoms with Gasteiger partial charge in [0.25, 0.3) is 0 Å². The van der Waals surface area contributed by atoms with Gasteiger partial charge in [0.1, 0.15) is 30.4 Å². The van der Waals surface area contributed by atoms with Crippen LogP contribution in [-0.2, 0) is 0 Å². The molecule has 0 spiro atoms. The van der Waals surface area contributed by atoms with Crippen LogP contribution in [0.15, 0.2) is 18.2 Å². The molecule has 8 nitrogen and oxygen atoms in total. The van der Waals surface area contributed by atoms with E-state index in [2.05, 4.69) is 26.3 Å². The third-order valence-electron chi connectivity index (χ3n) is 10.2. The van der Waals surface area contributed by atoms with Crippen LogP contribution >= 0.6 is 23.2 Å². The van der Waals surface area contributed by atoms with Gasteiger partial charge in [0.2, 0.25) is 0 Å². The van der Waals surface area contributed by atoms with Gasteiger partial charge in [-0.05, 0) is 75.5 Å². The van der Waals surface area contributed by atoms with Crippen LogP contribution in [0.25, 0.3) is 22.2 Å². The molecule has 5 aliphatic rings. The van der Waals surface area contributed by atoms with Gasteiger partial charge in [0.05, 0.1) is 38.3 Å². The third kappa shape index (κ3) is 3.92. The standard InChI is InChI=1S/C31H33Cl2FN6O2/c1-15-10-31(6-3-7-39(31)11-15)14-42-30-37-27-22-28(24(33)21(25(27)34)26-23(32)16(2)8-20(35)36-26)41-13-19-18-5-4-17(9-18)12-40(19)29(22)38-30/h8,17-19H,1,3-7,9-14H2,2H3,(H2,35,36)/t17-,18+,19+,31-/m0/s1. The van der Waals surface area contributed by atoms with Gasteiger partial charge in [0, 0.05) is 13.1 Å². The lowest BCUT2D eigenvalue weighted by Crippen LogP contribution is -2.48. The molecule has 1 aromatic carbocycles. The van der Waals surface area contributed by atoms with Gasteiger partial charge >= 0.3 is 6.01 Å². The van der Waals surface area contributed by atoms with E-state index in [9.17, 15) is 0 Å². The fraction of sp³-hybridized carbons (Fsp3) is 0.516. The monoisotopic (exact) mass is 610 g/mol. The van der Waals surface area contributed by atoms with Crippen LogP contribution in [-0.4, -0.2) is 64.3 Å². The van der Waals surface area contributed by atoms with Crippen molar-refractivity contribution in [1.82, 2.24) is 19.9 Å². The van der Waals surface area contributed by atoms with Gasteiger partial charge in [-0.25, -0.2) is 9.37 Å². The second-order valence-corrected chi connectivity index (χ2v) is 13.6. The Morgan fingerprint density at radius 1 is 1.24 bits per heavy atom. The second kappa shape index (κ2) is 9.56. The highest BCUT2D eigenvalue weighted by Crippen LogP contribution is 2.52. The Morgan fingerprint density at radius 3 is 2.95 bits per heavy atom. The Morgan fingerprint density at radius 2 is 2.10 bits per heavy atom. The van der Waals surface area contributed by atoms with Crippen LogP contribution in [0.1, 0.15) is 44.1 Å². The number of nitrogen functional groups attached to an aromatic ring is 1. The van der Waals surface area contributed by atoms with E-state index in [1.54, 1.807) is 13.0 Å². The Kier molecular flexibility index (Phi) is 6.08. The van der Waals surface area contributed by atoms with Gasteiger partial charge in [-0.1, -0.05) is 35.4 Å². The van der Waals surface area contributed by atoms with Crippen LogP contribution in [0, 0.1) is 24.6 Å². The minimum Gasteiger partial charge on any atom is -0.489 e. The molecule has 0 unspecified atom stereocenters. The minimum atomic E-state index is -0.649. The molecule has 42 heavy (non-hydrogen) atoms. The number of benzene rings is 1. The van der Waals surface area contributed by atoms with Crippen LogP contribution in [0.2, 0.25) is 10.0 Å². The van der Waals surface area contributed by atoms with Gasteiger partial charge in [-0.2, -0.15) is 9.97 Å². The predicted molar refractivity (Wildman–Crippen MR) is 162 cm³/mol. The number of hydrogen-bond donors (Lipinski definition) is 1. The maximum Gasteiger partial charge on any atom is 0.319 e.